The van der Waals surface area contributed by atoms with Crippen LogP contribution in [-0.2, 0) is 4.79 Å². The standard InChI is InChI=1S/C21H19N3O5/c1-26-14-5-3-4-13(8-14)24-10-22-21-19(24)15(9-18(25)23-21)12-6-16(27-2)20-17(7-12)28-11-29-20/h3-8,10,15H,9,11H2,1-2H3,(H,23,25)/t15-/m1/s1. The van der Waals surface area contributed by atoms with Crippen LogP contribution in [0.3, 0.4) is 0 Å². The Labute approximate surface area is 167 Å². The van der Waals surface area contributed by atoms with Crippen LogP contribution in [0.1, 0.15) is 23.6 Å². The highest BCUT2D eigenvalue weighted by Gasteiger charge is 2.33. The third kappa shape index (κ3) is 2.84. The molecule has 1 amide bonds. The van der Waals surface area contributed by atoms with Gasteiger partial charge in [0.2, 0.25) is 18.4 Å². The van der Waals surface area contributed by atoms with Gasteiger partial charge < -0.3 is 28.8 Å². The van der Waals surface area contributed by atoms with Crippen molar-refractivity contribution in [1.29, 1.82) is 0 Å². The van der Waals surface area contributed by atoms with Gasteiger partial charge in [0.05, 0.1) is 25.6 Å². The van der Waals surface area contributed by atoms with E-state index in [2.05, 4.69) is 10.3 Å². The highest BCUT2D eigenvalue weighted by molar-refractivity contribution is 5.94. The van der Waals surface area contributed by atoms with Crippen LogP contribution in [0.25, 0.3) is 5.69 Å². The van der Waals surface area contributed by atoms with Gasteiger partial charge >= 0.3 is 0 Å². The zero-order chi connectivity index (χ0) is 20.0. The molecular weight excluding hydrogens is 374 g/mol. The molecule has 2 aromatic carbocycles. The summed E-state index contributed by atoms with van der Waals surface area (Å²) in [5.41, 5.74) is 2.68. The number of carbonyl (C=O) groups excluding carboxylic acids is 1. The van der Waals surface area contributed by atoms with E-state index in [0.29, 0.717) is 23.1 Å². The summed E-state index contributed by atoms with van der Waals surface area (Å²) in [6, 6.07) is 11.5. The third-order valence-electron chi connectivity index (χ3n) is 5.20. The number of rotatable bonds is 4. The van der Waals surface area contributed by atoms with Crippen LogP contribution in [0.5, 0.6) is 23.0 Å². The number of carbonyl (C=O) groups is 1. The summed E-state index contributed by atoms with van der Waals surface area (Å²) in [5, 5.41) is 2.87. The molecule has 148 valence electrons. The molecule has 8 heteroatoms. The van der Waals surface area contributed by atoms with Gasteiger partial charge in [0.1, 0.15) is 12.1 Å². The van der Waals surface area contributed by atoms with Gasteiger partial charge in [0.15, 0.2) is 17.3 Å². The predicted octanol–water partition coefficient (Wildman–Crippen LogP) is 3.09. The second-order valence-corrected chi connectivity index (χ2v) is 6.81. The minimum atomic E-state index is -0.226. The van der Waals surface area contributed by atoms with Crippen LogP contribution in [0.2, 0.25) is 0 Å². The van der Waals surface area contributed by atoms with Gasteiger partial charge in [-0.3, -0.25) is 4.79 Å². The molecule has 1 aromatic heterocycles. The summed E-state index contributed by atoms with van der Waals surface area (Å²) in [5.74, 6) is 2.75. The van der Waals surface area contributed by atoms with E-state index in [-0.39, 0.29) is 25.0 Å². The molecule has 0 fully saturated rings. The lowest BCUT2D eigenvalue weighted by Gasteiger charge is -2.25. The van der Waals surface area contributed by atoms with Crippen molar-refractivity contribution in [2.24, 2.45) is 0 Å². The highest BCUT2D eigenvalue weighted by atomic mass is 16.7. The zero-order valence-corrected chi connectivity index (χ0v) is 16.0. The first-order chi connectivity index (χ1) is 14.2. The summed E-state index contributed by atoms with van der Waals surface area (Å²) in [7, 11) is 3.21. The van der Waals surface area contributed by atoms with E-state index in [4.69, 9.17) is 18.9 Å². The Morgan fingerprint density at radius 1 is 1.17 bits per heavy atom. The van der Waals surface area contributed by atoms with Gasteiger partial charge in [-0.15, -0.1) is 0 Å². The van der Waals surface area contributed by atoms with Crippen molar-refractivity contribution >= 4 is 11.7 Å². The van der Waals surface area contributed by atoms with Crippen LogP contribution >= 0.6 is 0 Å². The highest BCUT2D eigenvalue weighted by Crippen LogP contribution is 2.46. The van der Waals surface area contributed by atoms with E-state index < -0.39 is 0 Å². The number of ether oxygens (including phenoxy) is 4. The maximum Gasteiger partial charge on any atom is 0.231 e. The van der Waals surface area contributed by atoms with Crippen molar-refractivity contribution in [3.8, 4) is 28.7 Å². The molecule has 29 heavy (non-hydrogen) atoms. The second kappa shape index (κ2) is 6.73. The minimum absolute atomic E-state index is 0.0879. The normalized spacial score (nSPS) is 16.9. The number of amides is 1. The Morgan fingerprint density at radius 2 is 2.07 bits per heavy atom. The Balaban J connectivity index is 1.66. The molecular formula is C21H19N3O5. The van der Waals surface area contributed by atoms with Crippen molar-refractivity contribution in [1.82, 2.24) is 9.55 Å². The van der Waals surface area contributed by atoms with Gasteiger partial charge in [-0.2, -0.15) is 0 Å². The summed E-state index contributed by atoms with van der Waals surface area (Å²) in [6.45, 7) is 0.146. The fraction of sp³-hybridized carbons (Fsp3) is 0.238. The number of imidazole rings is 1. The lowest BCUT2D eigenvalue weighted by Crippen LogP contribution is -2.25. The first-order valence-electron chi connectivity index (χ1n) is 9.17. The quantitative estimate of drug-likeness (QED) is 0.733. The summed E-state index contributed by atoms with van der Waals surface area (Å²) < 4.78 is 23.9. The fourth-order valence-corrected chi connectivity index (χ4v) is 3.85. The molecule has 3 aromatic rings. The van der Waals surface area contributed by atoms with Crippen LogP contribution in [0, 0.1) is 0 Å². The average molecular weight is 393 g/mol. The summed E-state index contributed by atoms with van der Waals surface area (Å²) in [4.78, 5) is 16.8. The van der Waals surface area contributed by atoms with E-state index in [1.807, 2.05) is 41.0 Å². The minimum Gasteiger partial charge on any atom is -0.497 e. The molecule has 8 nitrogen and oxygen atoms in total. The largest absolute Gasteiger partial charge is 0.497 e. The summed E-state index contributed by atoms with van der Waals surface area (Å²) >= 11 is 0. The van der Waals surface area contributed by atoms with Crippen molar-refractivity contribution in [2.75, 3.05) is 26.3 Å². The number of nitrogens with one attached hydrogen (secondary N) is 1. The van der Waals surface area contributed by atoms with Gasteiger partial charge in [-0.25, -0.2) is 4.98 Å². The molecule has 1 N–H and O–H groups in total. The van der Waals surface area contributed by atoms with Crippen molar-refractivity contribution in [3.05, 3.63) is 54.0 Å². The van der Waals surface area contributed by atoms with Crippen molar-refractivity contribution in [3.63, 3.8) is 0 Å². The van der Waals surface area contributed by atoms with Gasteiger partial charge in [0, 0.05) is 18.4 Å². The van der Waals surface area contributed by atoms with Crippen LogP contribution in [0.15, 0.2) is 42.7 Å². The number of hydrogen-bond acceptors (Lipinski definition) is 6. The van der Waals surface area contributed by atoms with Gasteiger partial charge in [-0.05, 0) is 29.8 Å². The second-order valence-electron chi connectivity index (χ2n) is 6.81. The molecule has 5 rings (SSSR count). The molecule has 0 radical (unpaired) electrons. The molecule has 0 aliphatic carbocycles. The smallest absolute Gasteiger partial charge is 0.231 e. The first kappa shape index (κ1) is 17.4. The van der Waals surface area contributed by atoms with Crippen molar-refractivity contribution in [2.45, 2.75) is 12.3 Å². The molecule has 3 heterocycles. The van der Waals surface area contributed by atoms with Crippen LogP contribution in [-0.4, -0.2) is 36.5 Å². The maximum absolute atomic E-state index is 12.4. The number of nitrogens with zero attached hydrogens (tertiary/aromatic N) is 2. The fourth-order valence-electron chi connectivity index (χ4n) is 3.85. The Morgan fingerprint density at radius 3 is 2.90 bits per heavy atom. The molecule has 0 saturated heterocycles. The van der Waals surface area contributed by atoms with E-state index >= 15 is 0 Å². The van der Waals surface area contributed by atoms with Gasteiger partial charge in [0.25, 0.3) is 0 Å². The van der Waals surface area contributed by atoms with Crippen LogP contribution < -0.4 is 24.3 Å². The topological polar surface area (TPSA) is 83.8 Å². The van der Waals surface area contributed by atoms with Gasteiger partial charge in [-0.1, -0.05) is 6.07 Å². The summed E-state index contributed by atoms with van der Waals surface area (Å²) in [6.07, 6.45) is 1.99. The first-order valence-corrected chi connectivity index (χ1v) is 9.17. The lowest BCUT2D eigenvalue weighted by molar-refractivity contribution is -0.116. The number of fused-ring (bicyclic) bond motifs is 2. The molecule has 0 unspecified atom stereocenters. The molecule has 0 bridgehead atoms. The molecule has 1 atom stereocenters. The Hall–Kier alpha value is -3.68. The van der Waals surface area contributed by atoms with E-state index in [1.165, 1.54) is 0 Å². The zero-order valence-electron chi connectivity index (χ0n) is 16.0. The van der Waals surface area contributed by atoms with E-state index in [9.17, 15) is 4.79 Å². The number of methoxy groups -OCH3 is 2. The van der Waals surface area contributed by atoms with Crippen molar-refractivity contribution < 1.29 is 23.7 Å². The number of hydrogen-bond donors (Lipinski definition) is 1. The maximum atomic E-state index is 12.4. The number of benzene rings is 2. The molecule has 2 aliphatic heterocycles. The monoisotopic (exact) mass is 393 g/mol. The average Bonchev–Trinajstić information content (AvgIpc) is 3.39. The lowest BCUT2D eigenvalue weighted by atomic mass is 9.89. The molecule has 2 aliphatic rings. The third-order valence-corrected chi connectivity index (χ3v) is 5.20. The molecule has 0 saturated carbocycles. The Bertz CT molecular complexity index is 1110. The molecule has 0 spiro atoms. The van der Waals surface area contributed by atoms with Crippen LogP contribution in [0.4, 0.5) is 5.82 Å². The van der Waals surface area contributed by atoms with E-state index in [1.54, 1.807) is 20.5 Å². The van der Waals surface area contributed by atoms with E-state index in [0.717, 1.165) is 22.7 Å². The Kier molecular flexibility index (Phi) is 4.04. The number of aromatic nitrogens is 2. The number of anilines is 1. The predicted molar refractivity (Wildman–Crippen MR) is 104 cm³/mol. The SMILES string of the molecule is COc1cccc(-n2cnc3c2[C@@H](c2cc(OC)c4c(c2)OCO4)CC(=O)N3)c1.